The van der Waals surface area contributed by atoms with Crippen molar-refractivity contribution in [1.82, 2.24) is 14.8 Å². The van der Waals surface area contributed by atoms with Gasteiger partial charge in [0.05, 0.1) is 36.9 Å². The molecule has 0 aliphatic heterocycles. The fourth-order valence-corrected chi connectivity index (χ4v) is 3.20. The van der Waals surface area contributed by atoms with Gasteiger partial charge < -0.3 is 9.47 Å². The molecular formula is C25H21N3O3. The Kier molecular flexibility index (Phi) is 5.89. The minimum Gasteiger partial charge on any atom is -0.497 e. The van der Waals surface area contributed by atoms with E-state index < -0.39 is 5.97 Å². The van der Waals surface area contributed by atoms with E-state index in [1.54, 1.807) is 36.2 Å². The third-order valence-corrected chi connectivity index (χ3v) is 4.77. The Morgan fingerprint density at radius 3 is 2.32 bits per heavy atom. The molecule has 0 spiro atoms. The van der Waals surface area contributed by atoms with E-state index >= 15 is 0 Å². The van der Waals surface area contributed by atoms with E-state index in [2.05, 4.69) is 4.98 Å². The summed E-state index contributed by atoms with van der Waals surface area (Å²) in [5, 5.41) is 4.80. The van der Waals surface area contributed by atoms with Crippen molar-refractivity contribution in [3.63, 3.8) is 0 Å². The van der Waals surface area contributed by atoms with Crippen molar-refractivity contribution >= 4 is 17.6 Å². The first-order valence-corrected chi connectivity index (χ1v) is 9.70. The number of carbonyl (C=O) groups excluding carboxylic acids is 1. The average Bonchev–Trinajstić information content (AvgIpc) is 3.27. The normalized spacial score (nSPS) is 11.2. The Labute approximate surface area is 180 Å². The van der Waals surface area contributed by atoms with Crippen molar-refractivity contribution in [3.8, 4) is 22.7 Å². The van der Waals surface area contributed by atoms with Gasteiger partial charge in [-0.2, -0.15) is 5.10 Å². The lowest BCUT2D eigenvalue weighted by Gasteiger charge is -2.06. The maximum absolute atomic E-state index is 12.6. The molecule has 0 saturated heterocycles. The molecule has 0 aliphatic carbocycles. The summed E-state index contributed by atoms with van der Waals surface area (Å²) in [7, 11) is 2.99. The van der Waals surface area contributed by atoms with Gasteiger partial charge in [0.15, 0.2) is 0 Å². The maximum atomic E-state index is 12.6. The number of para-hydroxylation sites is 1. The summed E-state index contributed by atoms with van der Waals surface area (Å²) in [5.74, 6) is 0.291. The fraction of sp³-hybridized carbons (Fsp3) is 0.0800. The summed E-state index contributed by atoms with van der Waals surface area (Å²) in [6.45, 7) is 0. The first kappa shape index (κ1) is 20.1. The molecule has 0 bridgehead atoms. The summed E-state index contributed by atoms with van der Waals surface area (Å²) in [6, 6.07) is 22.8. The van der Waals surface area contributed by atoms with E-state index in [-0.39, 0.29) is 0 Å². The predicted molar refractivity (Wildman–Crippen MR) is 120 cm³/mol. The van der Waals surface area contributed by atoms with Crippen LogP contribution in [0.15, 0.2) is 85.2 Å². The molecule has 0 radical (unpaired) electrons. The Hall–Kier alpha value is -4.19. The second-order valence-corrected chi connectivity index (χ2v) is 6.71. The summed E-state index contributed by atoms with van der Waals surface area (Å²) < 4.78 is 12.1. The zero-order valence-corrected chi connectivity index (χ0v) is 17.2. The van der Waals surface area contributed by atoms with Gasteiger partial charge in [0.1, 0.15) is 5.75 Å². The van der Waals surface area contributed by atoms with Gasteiger partial charge >= 0.3 is 5.97 Å². The van der Waals surface area contributed by atoms with E-state index in [9.17, 15) is 4.79 Å². The highest BCUT2D eigenvalue weighted by Gasteiger charge is 2.18. The van der Waals surface area contributed by atoms with Crippen molar-refractivity contribution in [1.29, 1.82) is 0 Å². The summed E-state index contributed by atoms with van der Waals surface area (Å²) >= 11 is 0. The van der Waals surface area contributed by atoms with Crippen LogP contribution in [0.2, 0.25) is 0 Å². The molecule has 6 nitrogen and oxygen atoms in total. The molecule has 0 atom stereocenters. The molecule has 2 aromatic carbocycles. The van der Waals surface area contributed by atoms with Crippen molar-refractivity contribution in [3.05, 3.63) is 96.4 Å². The van der Waals surface area contributed by atoms with Crippen LogP contribution in [0.5, 0.6) is 5.75 Å². The van der Waals surface area contributed by atoms with Crippen molar-refractivity contribution in [2.24, 2.45) is 0 Å². The van der Waals surface area contributed by atoms with E-state index in [1.165, 1.54) is 7.11 Å². The molecule has 0 N–H and O–H groups in total. The summed E-state index contributed by atoms with van der Waals surface area (Å²) in [5.41, 5.74) is 4.18. The molecule has 31 heavy (non-hydrogen) atoms. The molecule has 0 amide bonds. The van der Waals surface area contributed by atoms with Crippen LogP contribution in [-0.4, -0.2) is 35.0 Å². The summed E-state index contributed by atoms with van der Waals surface area (Å²) in [6.07, 6.45) is 5.30. The minimum absolute atomic E-state index is 0.352. The van der Waals surface area contributed by atoms with Crippen LogP contribution in [0.1, 0.15) is 11.3 Å². The standard InChI is InChI=1S/C25H21N3O3/c1-30-21-13-11-18(12-14-21)24-19(17-28(27-24)20-8-4-3-5-9-20)16-22(25(29)31-2)23-10-6-7-15-26-23/h3-17H,1-2H3. The van der Waals surface area contributed by atoms with E-state index in [1.807, 2.05) is 66.9 Å². The van der Waals surface area contributed by atoms with Gasteiger partial charge in [-0.1, -0.05) is 24.3 Å². The van der Waals surface area contributed by atoms with Gasteiger partial charge in [0.2, 0.25) is 0 Å². The number of benzene rings is 2. The van der Waals surface area contributed by atoms with Crippen molar-refractivity contribution < 1.29 is 14.3 Å². The number of hydrogen-bond donors (Lipinski definition) is 0. The molecule has 4 rings (SSSR count). The second-order valence-electron chi connectivity index (χ2n) is 6.71. The summed E-state index contributed by atoms with van der Waals surface area (Å²) in [4.78, 5) is 16.9. The number of hydrogen-bond acceptors (Lipinski definition) is 5. The van der Waals surface area contributed by atoms with Crippen LogP contribution in [0.3, 0.4) is 0 Å². The zero-order chi connectivity index (χ0) is 21.6. The molecule has 0 unspecified atom stereocenters. The number of methoxy groups -OCH3 is 2. The van der Waals surface area contributed by atoms with E-state index in [0.717, 1.165) is 28.3 Å². The third kappa shape index (κ3) is 4.38. The number of carbonyl (C=O) groups is 1. The molecule has 2 heterocycles. The first-order valence-electron chi connectivity index (χ1n) is 9.70. The molecular weight excluding hydrogens is 390 g/mol. The van der Waals surface area contributed by atoms with Gasteiger partial charge in [0.25, 0.3) is 0 Å². The van der Waals surface area contributed by atoms with E-state index in [0.29, 0.717) is 11.3 Å². The molecule has 0 saturated carbocycles. The quantitative estimate of drug-likeness (QED) is 0.341. The van der Waals surface area contributed by atoms with Gasteiger partial charge in [0, 0.05) is 23.5 Å². The average molecular weight is 411 g/mol. The highest BCUT2D eigenvalue weighted by molar-refractivity contribution is 6.21. The lowest BCUT2D eigenvalue weighted by atomic mass is 10.0. The van der Waals surface area contributed by atoms with Crippen LogP contribution >= 0.6 is 0 Å². The molecule has 2 aromatic heterocycles. The monoisotopic (exact) mass is 411 g/mol. The van der Waals surface area contributed by atoms with Crippen molar-refractivity contribution in [2.75, 3.05) is 14.2 Å². The van der Waals surface area contributed by atoms with Crippen LogP contribution in [-0.2, 0) is 9.53 Å². The number of rotatable bonds is 6. The van der Waals surface area contributed by atoms with E-state index in [4.69, 9.17) is 14.6 Å². The molecule has 154 valence electrons. The maximum Gasteiger partial charge on any atom is 0.340 e. The number of aromatic nitrogens is 3. The van der Waals surface area contributed by atoms with Crippen LogP contribution < -0.4 is 4.74 Å². The lowest BCUT2D eigenvalue weighted by Crippen LogP contribution is -2.05. The molecule has 0 fully saturated rings. The van der Waals surface area contributed by atoms with Crippen LogP contribution in [0.4, 0.5) is 0 Å². The SMILES string of the molecule is COC(=O)C(=Cc1cn(-c2ccccc2)nc1-c1ccc(OC)cc1)c1ccccn1. The van der Waals surface area contributed by atoms with Gasteiger partial charge in [-0.05, 0) is 54.6 Å². The Morgan fingerprint density at radius 1 is 0.935 bits per heavy atom. The first-order chi connectivity index (χ1) is 15.2. The van der Waals surface area contributed by atoms with Gasteiger partial charge in [-0.3, -0.25) is 4.98 Å². The number of ether oxygens (including phenoxy) is 2. The molecule has 0 aliphatic rings. The molecule has 6 heteroatoms. The second kappa shape index (κ2) is 9.09. The van der Waals surface area contributed by atoms with Crippen LogP contribution in [0, 0.1) is 0 Å². The zero-order valence-electron chi connectivity index (χ0n) is 17.2. The van der Waals surface area contributed by atoms with Crippen molar-refractivity contribution in [2.45, 2.75) is 0 Å². The third-order valence-electron chi connectivity index (χ3n) is 4.77. The Morgan fingerprint density at radius 2 is 1.68 bits per heavy atom. The Bertz CT molecular complexity index is 1200. The van der Waals surface area contributed by atoms with Gasteiger partial charge in [-0.15, -0.1) is 0 Å². The topological polar surface area (TPSA) is 66.2 Å². The Balaban J connectivity index is 1.89. The molecule has 4 aromatic rings. The smallest absolute Gasteiger partial charge is 0.340 e. The predicted octanol–water partition coefficient (Wildman–Crippen LogP) is 4.66. The fourth-order valence-electron chi connectivity index (χ4n) is 3.20. The minimum atomic E-state index is -0.466. The highest BCUT2D eigenvalue weighted by atomic mass is 16.5. The number of esters is 1. The number of nitrogens with zero attached hydrogens (tertiary/aromatic N) is 3. The largest absolute Gasteiger partial charge is 0.497 e. The lowest BCUT2D eigenvalue weighted by molar-refractivity contribution is -0.133. The number of pyridine rings is 1. The van der Waals surface area contributed by atoms with Crippen LogP contribution in [0.25, 0.3) is 28.6 Å². The van der Waals surface area contributed by atoms with Gasteiger partial charge in [-0.25, -0.2) is 9.48 Å². The highest BCUT2D eigenvalue weighted by Crippen LogP contribution is 2.29.